The summed E-state index contributed by atoms with van der Waals surface area (Å²) in [6.45, 7) is 7.32. The fourth-order valence-corrected chi connectivity index (χ4v) is 3.58. The number of amides is 2. The third-order valence-corrected chi connectivity index (χ3v) is 5.05. The molecular weight excluding hydrogens is 366 g/mol. The molecule has 126 valence electrons. The SMILES string of the molecule is Cc1ccc(NC(=O)N2CCN(c3ccccc3C)CC2)c(Br)c1. The van der Waals surface area contributed by atoms with E-state index in [1.165, 1.54) is 11.3 Å². The number of hydrogen-bond acceptors (Lipinski definition) is 2. The molecule has 24 heavy (non-hydrogen) atoms. The van der Waals surface area contributed by atoms with Crippen LogP contribution in [-0.2, 0) is 0 Å². The minimum atomic E-state index is -0.0380. The molecule has 0 bridgehead atoms. The van der Waals surface area contributed by atoms with Crippen molar-refractivity contribution in [2.45, 2.75) is 13.8 Å². The smallest absolute Gasteiger partial charge is 0.321 e. The molecule has 2 amide bonds. The molecule has 1 saturated heterocycles. The number of nitrogens with zero attached hydrogens (tertiary/aromatic N) is 2. The maximum atomic E-state index is 12.5. The number of rotatable bonds is 2. The molecule has 3 rings (SSSR count). The summed E-state index contributed by atoms with van der Waals surface area (Å²) in [5.74, 6) is 0. The molecule has 0 radical (unpaired) electrons. The van der Waals surface area contributed by atoms with E-state index in [4.69, 9.17) is 0 Å². The second kappa shape index (κ2) is 7.26. The molecule has 2 aromatic carbocycles. The van der Waals surface area contributed by atoms with Gasteiger partial charge in [0.1, 0.15) is 0 Å². The molecule has 0 aliphatic carbocycles. The number of carbonyl (C=O) groups is 1. The highest BCUT2D eigenvalue weighted by molar-refractivity contribution is 9.10. The minimum absolute atomic E-state index is 0.0380. The van der Waals surface area contributed by atoms with Gasteiger partial charge < -0.3 is 15.1 Å². The van der Waals surface area contributed by atoms with Gasteiger partial charge in [-0.2, -0.15) is 0 Å². The van der Waals surface area contributed by atoms with E-state index in [9.17, 15) is 4.79 Å². The second-order valence-electron chi connectivity index (χ2n) is 6.17. The van der Waals surface area contributed by atoms with E-state index in [-0.39, 0.29) is 6.03 Å². The van der Waals surface area contributed by atoms with Crippen LogP contribution in [0, 0.1) is 13.8 Å². The summed E-state index contributed by atoms with van der Waals surface area (Å²) in [4.78, 5) is 16.7. The van der Waals surface area contributed by atoms with Crippen molar-refractivity contribution in [2.75, 3.05) is 36.4 Å². The van der Waals surface area contributed by atoms with Crippen molar-refractivity contribution >= 4 is 33.3 Å². The fraction of sp³-hybridized carbons (Fsp3) is 0.316. The molecule has 1 aliphatic rings. The van der Waals surface area contributed by atoms with Gasteiger partial charge in [0.15, 0.2) is 0 Å². The number of benzene rings is 2. The van der Waals surface area contributed by atoms with Gasteiger partial charge in [0.25, 0.3) is 0 Å². The van der Waals surface area contributed by atoms with E-state index >= 15 is 0 Å². The highest BCUT2D eigenvalue weighted by Gasteiger charge is 2.22. The summed E-state index contributed by atoms with van der Waals surface area (Å²) < 4.78 is 0.911. The minimum Gasteiger partial charge on any atom is -0.368 e. The summed E-state index contributed by atoms with van der Waals surface area (Å²) in [5.41, 5.74) is 4.51. The Bertz CT molecular complexity index is 739. The molecule has 1 heterocycles. The van der Waals surface area contributed by atoms with Gasteiger partial charge in [0, 0.05) is 36.3 Å². The maximum absolute atomic E-state index is 12.5. The van der Waals surface area contributed by atoms with Crippen LogP contribution >= 0.6 is 15.9 Å². The van der Waals surface area contributed by atoms with Gasteiger partial charge in [-0.25, -0.2) is 4.79 Å². The van der Waals surface area contributed by atoms with E-state index < -0.39 is 0 Å². The first-order valence-electron chi connectivity index (χ1n) is 8.17. The van der Waals surface area contributed by atoms with Crippen LogP contribution in [0.1, 0.15) is 11.1 Å². The molecular formula is C19H22BrN3O. The van der Waals surface area contributed by atoms with Gasteiger partial charge in [-0.05, 0) is 59.1 Å². The van der Waals surface area contributed by atoms with Crippen LogP contribution in [0.15, 0.2) is 46.9 Å². The Balaban J connectivity index is 1.60. The Morgan fingerprint density at radius 3 is 2.42 bits per heavy atom. The topological polar surface area (TPSA) is 35.6 Å². The Labute approximate surface area is 151 Å². The normalized spacial score (nSPS) is 14.6. The lowest BCUT2D eigenvalue weighted by Crippen LogP contribution is -2.50. The van der Waals surface area contributed by atoms with Crippen LogP contribution in [0.3, 0.4) is 0 Å². The predicted molar refractivity (Wildman–Crippen MR) is 103 cm³/mol. The number of piperazine rings is 1. The van der Waals surface area contributed by atoms with Gasteiger partial charge in [0.05, 0.1) is 5.69 Å². The number of hydrogen-bond donors (Lipinski definition) is 1. The van der Waals surface area contributed by atoms with Crippen molar-refractivity contribution < 1.29 is 4.79 Å². The fourth-order valence-electron chi connectivity index (χ4n) is 2.98. The van der Waals surface area contributed by atoms with Crippen LogP contribution in [0.25, 0.3) is 0 Å². The lowest BCUT2D eigenvalue weighted by atomic mass is 10.1. The molecule has 2 aromatic rings. The van der Waals surface area contributed by atoms with Gasteiger partial charge >= 0.3 is 6.03 Å². The highest BCUT2D eigenvalue weighted by Crippen LogP contribution is 2.24. The zero-order chi connectivity index (χ0) is 17.1. The summed E-state index contributed by atoms with van der Waals surface area (Å²) >= 11 is 3.51. The molecule has 0 aromatic heterocycles. The van der Waals surface area contributed by atoms with E-state index in [1.807, 2.05) is 30.0 Å². The monoisotopic (exact) mass is 387 g/mol. The van der Waals surface area contributed by atoms with Crippen molar-refractivity contribution in [3.8, 4) is 0 Å². The molecule has 5 heteroatoms. The number of anilines is 2. The Hall–Kier alpha value is -2.01. The van der Waals surface area contributed by atoms with E-state index in [1.54, 1.807) is 0 Å². The lowest BCUT2D eigenvalue weighted by Gasteiger charge is -2.36. The molecule has 0 unspecified atom stereocenters. The molecule has 0 spiro atoms. The van der Waals surface area contributed by atoms with E-state index in [0.717, 1.165) is 41.9 Å². The number of halogens is 1. The van der Waals surface area contributed by atoms with Crippen LogP contribution in [0.2, 0.25) is 0 Å². The van der Waals surface area contributed by atoms with Crippen molar-refractivity contribution in [3.05, 3.63) is 58.1 Å². The summed E-state index contributed by atoms with van der Waals surface area (Å²) in [6, 6.07) is 14.3. The van der Waals surface area contributed by atoms with Crippen molar-refractivity contribution in [1.82, 2.24) is 4.90 Å². The van der Waals surface area contributed by atoms with Gasteiger partial charge in [-0.1, -0.05) is 24.3 Å². The van der Waals surface area contributed by atoms with E-state index in [2.05, 4.69) is 57.3 Å². The van der Waals surface area contributed by atoms with Crippen molar-refractivity contribution in [3.63, 3.8) is 0 Å². The Morgan fingerprint density at radius 2 is 1.75 bits per heavy atom. The van der Waals surface area contributed by atoms with Crippen LogP contribution in [0.5, 0.6) is 0 Å². The first kappa shape index (κ1) is 16.8. The molecule has 4 nitrogen and oxygen atoms in total. The Morgan fingerprint density at radius 1 is 1.04 bits per heavy atom. The van der Waals surface area contributed by atoms with Crippen LogP contribution < -0.4 is 10.2 Å². The van der Waals surface area contributed by atoms with Crippen molar-refractivity contribution in [1.29, 1.82) is 0 Å². The standard InChI is InChI=1S/C19H22BrN3O/c1-14-7-8-17(16(20)13-14)21-19(24)23-11-9-22(10-12-23)18-6-4-3-5-15(18)2/h3-8,13H,9-12H2,1-2H3,(H,21,24). The van der Waals surface area contributed by atoms with Gasteiger partial charge in [-0.15, -0.1) is 0 Å². The first-order valence-corrected chi connectivity index (χ1v) is 8.96. The number of carbonyl (C=O) groups excluding carboxylic acids is 1. The number of urea groups is 1. The third-order valence-electron chi connectivity index (χ3n) is 4.39. The average Bonchev–Trinajstić information content (AvgIpc) is 2.58. The second-order valence-corrected chi connectivity index (χ2v) is 7.03. The molecule has 0 saturated carbocycles. The lowest BCUT2D eigenvalue weighted by molar-refractivity contribution is 0.208. The summed E-state index contributed by atoms with van der Waals surface area (Å²) in [6.07, 6.45) is 0. The summed E-state index contributed by atoms with van der Waals surface area (Å²) in [7, 11) is 0. The number of para-hydroxylation sites is 1. The quantitative estimate of drug-likeness (QED) is 0.827. The average molecular weight is 388 g/mol. The van der Waals surface area contributed by atoms with Crippen LogP contribution in [0.4, 0.5) is 16.2 Å². The first-order chi connectivity index (χ1) is 11.5. The van der Waals surface area contributed by atoms with Crippen molar-refractivity contribution in [2.24, 2.45) is 0 Å². The third kappa shape index (κ3) is 3.73. The molecule has 0 atom stereocenters. The highest BCUT2D eigenvalue weighted by atomic mass is 79.9. The molecule has 1 N–H and O–H groups in total. The van der Waals surface area contributed by atoms with E-state index in [0.29, 0.717) is 0 Å². The Kier molecular flexibility index (Phi) is 5.09. The maximum Gasteiger partial charge on any atom is 0.321 e. The largest absolute Gasteiger partial charge is 0.368 e. The van der Waals surface area contributed by atoms with Crippen LogP contribution in [-0.4, -0.2) is 37.1 Å². The molecule has 1 fully saturated rings. The zero-order valence-electron chi connectivity index (χ0n) is 14.1. The van der Waals surface area contributed by atoms with Gasteiger partial charge in [-0.3, -0.25) is 0 Å². The molecule has 1 aliphatic heterocycles. The summed E-state index contributed by atoms with van der Waals surface area (Å²) in [5, 5.41) is 2.99. The number of aryl methyl sites for hydroxylation is 2. The predicted octanol–water partition coefficient (Wildman–Crippen LogP) is 4.42. The van der Waals surface area contributed by atoms with Gasteiger partial charge in [0.2, 0.25) is 0 Å². The number of nitrogens with one attached hydrogen (secondary N) is 1. The zero-order valence-corrected chi connectivity index (χ0v) is 15.6.